The second kappa shape index (κ2) is 5.24. The van der Waals surface area contributed by atoms with Crippen molar-refractivity contribution in [2.75, 3.05) is 19.7 Å². The molecular weight excluding hydrogens is 252 g/mol. The molecule has 1 aliphatic rings. The Hall–Kier alpha value is -1.14. The van der Waals surface area contributed by atoms with Crippen LogP contribution in [0.5, 0.6) is 0 Å². The maximum atomic E-state index is 12.1. The van der Waals surface area contributed by atoms with Crippen molar-refractivity contribution in [2.24, 2.45) is 5.41 Å². The van der Waals surface area contributed by atoms with Crippen molar-refractivity contribution >= 4 is 17.2 Å². The number of likely N-dealkylation sites (tertiary alicyclic amines) is 1. The number of carbonyl (C=O) groups is 1. The van der Waals surface area contributed by atoms with Gasteiger partial charge in [-0.05, 0) is 12.8 Å². The van der Waals surface area contributed by atoms with Gasteiger partial charge in [0, 0.05) is 23.9 Å². The van der Waals surface area contributed by atoms with Crippen molar-refractivity contribution in [3.63, 3.8) is 0 Å². The number of carbonyl (C=O) groups excluding carboxylic acids is 1. The van der Waals surface area contributed by atoms with Crippen LogP contribution in [0, 0.1) is 5.41 Å². The van der Waals surface area contributed by atoms with Crippen molar-refractivity contribution in [2.45, 2.75) is 26.2 Å². The summed E-state index contributed by atoms with van der Waals surface area (Å²) in [4.78, 5) is 27.3. The molecule has 0 bridgehead atoms. The molecule has 0 spiro atoms. The van der Waals surface area contributed by atoms with E-state index in [2.05, 4.69) is 11.9 Å². The van der Waals surface area contributed by atoms with Gasteiger partial charge in [0.05, 0.1) is 6.61 Å². The smallest absolute Gasteiger partial charge is 0.305 e. The lowest BCUT2D eigenvalue weighted by Crippen LogP contribution is -2.34. The molecule has 1 aromatic rings. The van der Waals surface area contributed by atoms with Gasteiger partial charge in [-0.15, -0.1) is 0 Å². The summed E-state index contributed by atoms with van der Waals surface area (Å²) >= 11 is 0.999. The number of H-pyrrole nitrogens is 1. The fourth-order valence-corrected chi connectivity index (χ4v) is 3.16. The van der Waals surface area contributed by atoms with Gasteiger partial charge in [-0.1, -0.05) is 24.7 Å². The minimum atomic E-state index is -0.209. The fraction of sp³-hybridized carbons (Fsp3) is 0.667. The summed E-state index contributed by atoms with van der Waals surface area (Å²) in [5.41, 5.74) is 0.205. The Kier molecular flexibility index (Phi) is 3.87. The molecule has 1 aromatic heterocycles. The minimum absolute atomic E-state index is 0.116. The highest BCUT2D eigenvalue weighted by Gasteiger charge is 2.39. The molecule has 2 rings (SSSR count). The van der Waals surface area contributed by atoms with Gasteiger partial charge in [0.1, 0.15) is 5.69 Å². The van der Waals surface area contributed by atoms with E-state index < -0.39 is 0 Å². The Balaban J connectivity index is 2.08. The van der Waals surface area contributed by atoms with Gasteiger partial charge >= 0.3 is 4.87 Å². The summed E-state index contributed by atoms with van der Waals surface area (Å²) in [6.07, 6.45) is 2.75. The molecule has 6 heteroatoms. The monoisotopic (exact) mass is 270 g/mol. The van der Waals surface area contributed by atoms with Gasteiger partial charge in [-0.2, -0.15) is 0 Å². The Morgan fingerprint density at radius 1 is 1.67 bits per heavy atom. The average Bonchev–Trinajstić information content (AvgIpc) is 2.96. The summed E-state index contributed by atoms with van der Waals surface area (Å²) in [5, 5.41) is 11.1. The van der Waals surface area contributed by atoms with E-state index in [0.29, 0.717) is 18.8 Å². The van der Waals surface area contributed by atoms with Crippen LogP contribution in [0.1, 0.15) is 36.7 Å². The molecule has 1 unspecified atom stereocenters. The van der Waals surface area contributed by atoms with Crippen LogP contribution in [0.3, 0.4) is 0 Å². The van der Waals surface area contributed by atoms with Crippen LogP contribution in [-0.2, 0) is 0 Å². The quantitative estimate of drug-likeness (QED) is 0.859. The van der Waals surface area contributed by atoms with E-state index in [-0.39, 0.29) is 22.8 Å². The van der Waals surface area contributed by atoms with Crippen molar-refractivity contribution in [3.05, 3.63) is 20.7 Å². The van der Waals surface area contributed by atoms with Crippen LogP contribution in [0.2, 0.25) is 0 Å². The average molecular weight is 270 g/mol. The zero-order chi connectivity index (χ0) is 13.2. The van der Waals surface area contributed by atoms with Crippen molar-refractivity contribution in [3.8, 4) is 0 Å². The zero-order valence-corrected chi connectivity index (χ0v) is 11.3. The Labute approximate surface area is 109 Å². The number of nitrogens with zero attached hydrogens (tertiary/aromatic N) is 1. The highest BCUT2D eigenvalue weighted by atomic mass is 32.1. The summed E-state index contributed by atoms with van der Waals surface area (Å²) in [6.45, 7) is 3.42. The van der Waals surface area contributed by atoms with E-state index >= 15 is 0 Å². The van der Waals surface area contributed by atoms with Gasteiger partial charge in [0.15, 0.2) is 0 Å². The largest absolute Gasteiger partial charge is 0.396 e. The number of aromatic nitrogens is 1. The number of aliphatic hydroxyl groups excluding tert-OH is 1. The van der Waals surface area contributed by atoms with Crippen molar-refractivity contribution in [1.29, 1.82) is 0 Å². The first-order valence-electron chi connectivity index (χ1n) is 6.18. The highest BCUT2D eigenvalue weighted by Crippen LogP contribution is 2.35. The molecule has 1 aliphatic heterocycles. The first-order chi connectivity index (χ1) is 8.60. The molecule has 100 valence electrons. The molecule has 0 aliphatic carbocycles. The lowest BCUT2D eigenvalue weighted by molar-refractivity contribution is 0.0724. The Morgan fingerprint density at radius 3 is 3.00 bits per heavy atom. The number of aliphatic hydroxyl groups is 1. The predicted molar refractivity (Wildman–Crippen MR) is 69.9 cm³/mol. The number of amides is 1. The number of nitrogens with one attached hydrogen (secondary N) is 1. The second-order valence-electron chi connectivity index (χ2n) is 4.95. The van der Waals surface area contributed by atoms with E-state index in [9.17, 15) is 14.7 Å². The van der Waals surface area contributed by atoms with E-state index in [0.717, 1.165) is 30.6 Å². The molecule has 0 saturated carbocycles. The fourth-order valence-electron chi connectivity index (χ4n) is 2.61. The van der Waals surface area contributed by atoms with Crippen LogP contribution in [0.15, 0.2) is 10.2 Å². The van der Waals surface area contributed by atoms with Gasteiger partial charge in [0.25, 0.3) is 5.91 Å². The lowest BCUT2D eigenvalue weighted by atomic mass is 9.83. The number of hydrogen-bond donors (Lipinski definition) is 2. The molecule has 0 aromatic carbocycles. The van der Waals surface area contributed by atoms with E-state index in [1.54, 1.807) is 10.3 Å². The maximum absolute atomic E-state index is 12.1. The minimum Gasteiger partial charge on any atom is -0.396 e. The molecule has 18 heavy (non-hydrogen) atoms. The molecule has 1 saturated heterocycles. The van der Waals surface area contributed by atoms with Gasteiger partial charge in [0.2, 0.25) is 0 Å². The van der Waals surface area contributed by atoms with Gasteiger partial charge < -0.3 is 15.0 Å². The molecule has 0 radical (unpaired) electrons. The molecule has 1 atom stereocenters. The number of hydrogen-bond acceptors (Lipinski definition) is 4. The van der Waals surface area contributed by atoms with Crippen LogP contribution in [0.4, 0.5) is 0 Å². The van der Waals surface area contributed by atoms with E-state index in [1.807, 2.05) is 0 Å². The first kappa shape index (κ1) is 13.3. The number of thiazole rings is 1. The standard InChI is InChI=1S/C12H18N2O3S/c1-2-3-12(8-15)4-5-14(7-12)10(16)9-6-18-11(17)13-9/h6,15H,2-5,7-8H2,1H3,(H,13,17). The summed E-state index contributed by atoms with van der Waals surface area (Å²) < 4.78 is 0. The van der Waals surface area contributed by atoms with Crippen molar-refractivity contribution in [1.82, 2.24) is 9.88 Å². The number of aromatic amines is 1. The zero-order valence-electron chi connectivity index (χ0n) is 10.4. The molecule has 2 heterocycles. The van der Waals surface area contributed by atoms with Gasteiger partial charge in [-0.3, -0.25) is 9.59 Å². The Morgan fingerprint density at radius 2 is 2.44 bits per heavy atom. The predicted octanol–water partition coefficient (Wildman–Crippen LogP) is 1.06. The molecule has 1 amide bonds. The van der Waals surface area contributed by atoms with Crippen LogP contribution in [0.25, 0.3) is 0 Å². The third-order valence-corrected chi connectivity index (χ3v) is 4.26. The van der Waals surface area contributed by atoms with E-state index in [1.165, 1.54) is 0 Å². The van der Waals surface area contributed by atoms with Crippen LogP contribution in [-0.4, -0.2) is 40.6 Å². The van der Waals surface area contributed by atoms with Gasteiger partial charge in [-0.25, -0.2) is 0 Å². The van der Waals surface area contributed by atoms with Crippen molar-refractivity contribution < 1.29 is 9.90 Å². The third kappa shape index (κ3) is 2.49. The topological polar surface area (TPSA) is 73.4 Å². The lowest BCUT2D eigenvalue weighted by Gasteiger charge is -2.26. The SMILES string of the molecule is CCCC1(CO)CCN(C(=O)c2csc(=O)[nH]2)C1. The first-order valence-corrected chi connectivity index (χ1v) is 7.06. The summed E-state index contributed by atoms with van der Waals surface area (Å²) in [6, 6.07) is 0. The normalized spacial score (nSPS) is 23.6. The molecular formula is C12H18N2O3S. The second-order valence-corrected chi connectivity index (χ2v) is 5.79. The molecule has 1 fully saturated rings. The van der Waals surface area contributed by atoms with Crippen LogP contribution >= 0.6 is 11.3 Å². The van der Waals surface area contributed by atoms with Crippen LogP contribution < -0.4 is 4.87 Å². The maximum Gasteiger partial charge on any atom is 0.305 e. The molecule has 5 nitrogen and oxygen atoms in total. The highest BCUT2D eigenvalue weighted by molar-refractivity contribution is 7.07. The van der Waals surface area contributed by atoms with E-state index in [4.69, 9.17) is 0 Å². The molecule has 2 N–H and O–H groups in total. The Bertz CT molecular complexity index is 482. The number of rotatable bonds is 4. The summed E-state index contributed by atoms with van der Waals surface area (Å²) in [7, 11) is 0. The summed E-state index contributed by atoms with van der Waals surface area (Å²) in [5.74, 6) is -0.139. The third-order valence-electron chi connectivity index (χ3n) is 3.59.